The Balaban J connectivity index is 1.67. The fourth-order valence-electron chi connectivity index (χ4n) is 2.10. The molecule has 0 aliphatic rings. The molecule has 0 saturated heterocycles. The molecule has 0 aliphatic heterocycles. The Morgan fingerprint density at radius 2 is 1.70 bits per heavy atom. The number of benzene rings is 2. The first-order chi connectivity index (χ1) is 9.75. The van der Waals surface area contributed by atoms with Gasteiger partial charge in [0.15, 0.2) is 0 Å². The molecule has 2 aromatic rings. The average Bonchev–Trinajstić information content (AvgIpc) is 2.46. The van der Waals surface area contributed by atoms with E-state index < -0.39 is 0 Å². The normalized spacial score (nSPS) is 10.7. The molecule has 20 heavy (non-hydrogen) atoms. The van der Waals surface area contributed by atoms with Gasteiger partial charge in [0.25, 0.3) is 0 Å². The van der Waals surface area contributed by atoms with E-state index >= 15 is 0 Å². The van der Waals surface area contributed by atoms with E-state index in [2.05, 4.69) is 36.2 Å². The first-order valence-corrected chi connectivity index (χ1v) is 6.95. The van der Waals surface area contributed by atoms with Gasteiger partial charge in [-0.15, -0.1) is 0 Å². The summed E-state index contributed by atoms with van der Waals surface area (Å²) in [5.41, 5.74) is 7.86. The summed E-state index contributed by atoms with van der Waals surface area (Å²) in [7, 11) is 2.13. The zero-order valence-electron chi connectivity index (χ0n) is 12.0. The van der Waals surface area contributed by atoms with Crippen LogP contribution in [0.3, 0.4) is 0 Å². The summed E-state index contributed by atoms with van der Waals surface area (Å²) in [5.74, 6) is 0.776. The first kappa shape index (κ1) is 14.4. The predicted octanol–water partition coefficient (Wildman–Crippen LogP) is 3.17. The Labute approximate surface area is 121 Å². The van der Waals surface area contributed by atoms with Crippen molar-refractivity contribution in [2.45, 2.75) is 13.0 Å². The Morgan fingerprint density at radius 3 is 2.45 bits per heavy atom. The van der Waals surface area contributed by atoms with Crippen LogP contribution < -0.4 is 10.5 Å². The quantitative estimate of drug-likeness (QED) is 0.620. The Kier molecular flexibility index (Phi) is 5.44. The highest BCUT2D eigenvalue weighted by Gasteiger charge is 2.01. The van der Waals surface area contributed by atoms with Gasteiger partial charge in [0.1, 0.15) is 5.75 Å². The molecule has 0 atom stereocenters. The molecule has 0 radical (unpaired) electrons. The van der Waals surface area contributed by atoms with Crippen molar-refractivity contribution >= 4 is 5.69 Å². The van der Waals surface area contributed by atoms with Crippen LogP contribution >= 0.6 is 0 Å². The molecule has 2 aromatic carbocycles. The second-order valence-corrected chi connectivity index (χ2v) is 4.96. The molecule has 0 saturated carbocycles. The minimum atomic E-state index is 0.688. The number of para-hydroxylation sites is 2. The van der Waals surface area contributed by atoms with Crippen LogP contribution in [0.25, 0.3) is 0 Å². The van der Waals surface area contributed by atoms with Gasteiger partial charge >= 0.3 is 0 Å². The van der Waals surface area contributed by atoms with Crippen molar-refractivity contribution in [1.82, 2.24) is 4.90 Å². The van der Waals surface area contributed by atoms with Crippen molar-refractivity contribution in [1.29, 1.82) is 0 Å². The van der Waals surface area contributed by atoms with Crippen LogP contribution in [0.5, 0.6) is 5.75 Å². The van der Waals surface area contributed by atoms with Gasteiger partial charge in [0, 0.05) is 13.1 Å². The zero-order chi connectivity index (χ0) is 14.2. The van der Waals surface area contributed by atoms with Crippen LogP contribution in [-0.2, 0) is 6.54 Å². The second-order valence-electron chi connectivity index (χ2n) is 4.96. The van der Waals surface area contributed by atoms with Crippen LogP contribution in [-0.4, -0.2) is 25.1 Å². The maximum atomic E-state index is 5.83. The molecule has 0 unspecified atom stereocenters. The third-order valence-corrected chi connectivity index (χ3v) is 3.16. The monoisotopic (exact) mass is 270 g/mol. The molecule has 0 fully saturated rings. The van der Waals surface area contributed by atoms with Crippen molar-refractivity contribution < 1.29 is 4.74 Å². The zero-order valence-corrected chi connectivity index (χ0v) is 12.0. The van der Waals surface area contributed by atoms with Crippen molar-refractivity contribution in [3.63, 3.8) is 0 Å². The number of anilines is 1. The predicted molar refractivity (Wildman–Crippen MR) is 83.7 cm³/mol. The van der Waals surface area contributed by atoms with Crippen molar-refractivity contribution in [3.05, 3.63) is 60.2 Å². The highest BCUT2D eigenvalue weighted by Crippen LogP contribution is 2.19. The summed E-state index contributed by atoms with van der Waals surface area (Å²) in [6.07, 6.45) is 0.984. The van der Waals surface area contributed by atoms with Gasteiger partial charge in [-0.1, -0.05) is 42.5 Å². The largest absolute Gasteiger partial charge is 0.491 e. The maximum absolute atomic E-state index is 5.83. The highest BCUT2D eigenvalue weighted by atomic mass is 16.5. The summed E-state index contributed by atoms with van der Waals surface area (Å²) < 4.78 is 5.69. The summed E-state index contributed by atoms with van der Waals surface area (Å²) in [4.78, 5) is 2.30. The molecule has 0 aromatic heterocycles. The SMILES string of the molecule is CN(CCCOc1ccccc1N)Cc1ccccc1. The van der Waals surface area contributed by atoms with Crippen LogP contribution in [0.2, 0.25) is 0 Å². The van der Waals surface area contributed by atoms with E-state index in [9.17, 15) is 0 Å². The number of hydrogen-bond donors (Lipinski definition) is 1. The molecule has 0 aliphatic carbocycles. The third-order valence-electron chi connectivity index (χ3n) is 3.16. The lowest BCUT2D eigenvalue weighted by Gasteiger charge is -2.17. The van der Waals surface area contributed by atoms with E-state index in [1.165, 1.54) is 5.56 Å². The van der Waals surface area contributed by atoms with Crippen molar-refractivity contribution in [3.8, 4) is 5.75 Å². The molecule has 106 valence electrons. The Morgan fingerprint density at radius 1 is 1.00 bits per heavy atom. The molecule has 2 N–H and O–H groups in total. The van der Waals surface area contributed by atoms with Gasteiger partial charge in [-0.05, 0) is 31.2 Å². The smallest absolute Gasteiger partial charge is 0.142 e. The van der Waals surface area contributed by atoms with Crippen LogP contribution in [0.1, 0.15) is 12.0 Å². The number of nitrogen functional groups attached to an aromatic ring is 1. The molecule has 0 heterocycles. The van der Waals surface area contributed by atoms with Gasteiger partial charge in [0.2, 0.25) is 0 Å². The highest BCUT2D eigenvalue weighted by molar-refractivity contribution is 5.51. The fraction of sp³-hybridized carbons (Fsp3) is 0.294. The van der Waals surface area contributed by atoms with E-state index in [0.717, 1.165) is 25.3 Å². The van der Waals surface area contributed by atoms with Gasteiger partial charge in [-0.25, -0.2) is 0 Å². The third kappa shape index (κ3) is 4.59. The fourth-order valence-corrected chi connectivity index (χ4v) is 2.10. The molecular weight excluding hydrogens is 248 g/mol. The summed E-state index contributed by atoms with van der Waals surface area (Å²) in [6.45, 7) is 2.66. The standard InChI is InChI=1S/C17H22N2O/c1-19(14-15-8-3-2-4-9-15)12-7-13-20-17-11-6-5-10-16(17)18/h2-6,8-11H,7,12-14,18H2,1H3. The molecule has 0 bridgehead atoms. The van der Waals surface area contributed by atoms with E-state index in [-0.39, 0.29) is 0 Å². The number of ether oxygens (including phenoxy) is 1. The van der Waals surface area contributed by atoms with E-state index in [4.69, 9.17) is 10.5 Å². The topological polar surface area (TPSA) is 38.5 Å². The van der Waals surface area contributed by atoms with Crippen molar-refractivity contribution in [2.75, 3.05) is 25.9 Å². The number of hydrogen-bond acceptors (Lipinski definition) is 3. The molecule has 0 spiro atoms. The molecule has 0 amide bonds. The molecule has 2 rings (SSSR count). The minimum absolute atomic E-state index is 0.688. The van der Waals surface area contributed by atoms with Crippen molar-refractivity contribution in [2.24, 2.45) is 0 Å². The maximum Gasteiger partial charge on any atom is 0.142 e. The minimum Gasteiger partial charge on any atom is -0.491 e. The number of nitrogens with two attached hydrogens (primary N) is 1. The molecular formula is C17H22N2O. The lowest BCUT2D eigenvalue weighted by molar-refractivity contribution is 0.259. The molecule has 3 heteroatoms. The Hall–Kier alpha value is -2.00. The van der Waals surface area contributed by atoms with Crippen LogP contribution in [0, 0.1) is 0 Å². The van der Waals surface area contributed by atoms with Gasteiger partial charge in [0.05, 0.1) is 12.3 Å². The average molecular weight is 270 g/mol. The summed E-state index contributed by atoms with van der Waals surface area (Å²) in [5, 5.41) is 0. The van der Waals surface area contributed by atoms with Gasteiger partial charge in [-0.3, -0.25) is 0 Å². The second kappa shape index (κ2) is 7.56. The van der Waals surface area contributed by atoms with E-state index in [1.807, 2.05) is 30.3 Å². The van der Waals surface area contributed by atoms with E-state index in [0.29, 0.717) is 12.3 Å². The molecule has 3 nitrogen and oxygen atoms in total. The summed E-state index contributed by atoms with van der Waals surface area (Å²) in [6, 6.07) is 18.1. The van der Waals surface area contributed by atoms with E-state index in [1.54, 1.807) is 0 Å². The number of nitrogens with zero attached hydrogens (tertiary/aromatic N) is 1. The lowest BCUT2D eigenvalue weighted by Crippen LogP contribution is -2.20. The van der Waals surface area contributed by atoms with Gasteiger partial charge in [-0.2, -0.15) is 0 Å². The Bertz CT molecular complexity index is 513. The first-order valence-electron chi connectivity index (χ1n) is 6.95. The van der Waals surface area contributed by atoms with Crippen LogP contribution in [0.4, 0.5) is 5.69 Å². The lowest BCUT2D eigenvalue weighted by atomic mass is 10.2. The van der Waals surface area contributed by atoms with Gasteiger partial charge < -0.3 is 15.4 Å². The number of rotatable bonds is 7. The van der Waals surface area contributed by atoms with Crippen LogP contribution in [0.15, 0.2) is 54.6 Å². The summed E-state index contributed by atoms with van der Waals surface area (Å²) >= 11 is 0.